The zero-order chi connectivity index (χ0) is 17.6. The molecule has 4 heteroatoms. The van der Waals surface area contributed by atoms with Crippen molar-refractivity contribution in [3.05, 3.63) is 83.9 Å². The van der Waals surface area contributed by atoms with Gasteiger partial charge in [-0.1, -0.05) is 72.8 Å². The van der Waals surface area contributed by atoms with E-state index in [1.165, 1.54) is 0 Å². The molecule has 0 aliphatic heterocycles. The van der Waals surface area contributed by atoms with Gasteiger partial charge in [-0.15, -0.1) is 0 Å². The summed E-state index contributed by atoms with van der Waals surface area (Å²) in [4.78, 5) is 10.9. The Morgan fingerprint density at radius 2 is 1.60 bits per heavy atom. The molecule has 3 aromatic carbocycles. The van der Waals surface area contributed by atoms with Gasteiger partial charge in [0.15, 0.2) is 0 Å². The molecule has 0 radical (unpaired) electrons. The second-order valence-electron chi connectivity index (χ2n) is 6.02. The summed E-state index contributed by atoms with van der Waals surface area (Å²) >= 11 is 0. The van der Waals surface area contributed by atoms with Gasteiger partial charge in [-0.2, -0.15) is 0 Å². The van der Waals surface area contributed by atoms with Crippen LogP contribution < -0.4 is 5.73 Å². The van der Waals surface area contributed by atoms with Crippen LogP contribution in [-0.4, -0.2) is 17.8 Å². The lowest BCUT2D eigenvalue weighted by Gasteiger charge is -2.24. The molecule has 0 aliphatic carbocycles. The number of carbonyl (C=O) groups is 1. The van der Waals surface area contributed by atoms with Crippen LogP contribution in [0.25, 0.3) is 10.8 Å². The lowest BCUT2D eigenvalue weighted by atomic mass is 9.86. The fraction of sp³-hybridized carbons (Fsp3) is 0.190. The zero-order valence-corrected chi connectivity index (χ0v) is 13.8. The van der Waals surface area contributed by atoms with Crippen LogP contribution in [0.4, 0.5) is 4.79 Å². The fourth-order valence-corrected chi connectivity index (χ4v) is 3.11. The normalized spacial score (nSPS) is 13.3. The van der Waals surface area contributed by atoms with Crippen LogP contribution in [0.3, 0.4) is 0 Å². The second kappa shape index (κ2) is 7.81. The summed E-state index contributed by atoms with van der Waals surface area (Å²) in [5.74, 6) is -0.202. The first-order valence-electron chi connectivity index (χ1n) is 8.29. The summed E-state index contributed by atoms with van der Waals surface area (Å²) in [6, 6.07) is 23.7. The average molecular weight is 335 g/mol. The van der Waals surface area contributed by atoms with Crippen LogP contribution in [0.1, 0.15) is 29.6 Å². The van der Waals surface area contributed by atoms with Crippen molar-refractivity contribution in [3.8, 4) is 0 Å². The minimum Gasteiger partial charge on any atom is -0.450 e. The van der Waals surface area contributed by atoms with E-state index in [4.69, 9.17) is 10.5 Å². The Labute approximate surface area is 146 Å². The van der Waals surface area contributed by atoms with Crippen LogP contribution in [0.5, 0.6) is 0 Å². The van der Waals surface area contributed by atoms with Gasteiger partial charge in [0.05, 0.1) is 12.7 Å². The second-order valence-corrected chi connectivity index (χ2v) is 6.02. The SMILES string of the molecule is NC(=O)OCC[C@@H](c1ccc2ccccc2c1)[C@@H](O)c1ccccc1. The standard InChI is InChI=1S/C21H21NO3/c22-21(24)25-13-12-19(20(23)16-7-2-1-3-8-16)18-11-10-15-6-4-5-9-17(15)14-18/h1-11,14,19-20,23H,12-13H2,(H2,22,24)/t19-,20-/m0/s1. The number of nitrogens with two attached hydrogens (primary N) is 1. The predicted molar refractivity (Wildman–Crippen MR) is 98.2 cm³/mol. The van der Waals surface area contributed by atoms with E-state index >= 15 is 0 Å². The average Bonchev–Trinajstić information content (AvgIpc) is 2.65. The first kappa shape index (κ1) is 17.0. The molecule has 2 atom stereocenters. The summed E-state index contributed by atoms with van der Waals surface area (Å²) in [5.41, 5.74) is 6.89. The number of fused-ring (bicyclic) bond motifs is 1. The molecule has 0 spiro atoms. The number of amides is 1. The molecule has 3 N–H and O–H groups in total. The van der Waals surface area contributed by atoms with Crippen LogP contribution in [-0.2, 0) is 4.74 Å². The van der Waals surface area contributed by atoms with Gasteiger partial charge in [-0.05, 0) is 28.3 Å². The van der Waals surface area contributed by atoms with Crippen LogP contribution in [0.2, 0.25) is 0 Å². The van der Waals surface area contributed by atoms with E-state index in [1.807, 2.05) is 60.7 Å². The minimum atomic E-state index is -0.800. The molecular weight excluding hydrogens is 314 g/mol. The molecule has 1 amide bonds. The first-order valence-corrected chi connectivity index (χ1v) is 8.29. The number of rotatable bonds is 6. The lowest BCUT2D eigenvalue weighted by molar-refractivity contribution is 0.113. The third-order valence-electron chi connectivity index (χ3n) is 4.40. The van der Waals surface area contributed by atoms with E-state index in [0.717, 1.165) is 21.9 Å². The largest absolute Gasteiger partial charge is 0.450 e. The summed E-state index contributed by atoms with van der Waals surface area (Å²) in [6.45, 7) is 0.163. The highest BCUT2D eigenvalue weighted by Gasteiger charge is 2.23. The summed E-state index contributed by atoms with van der Waals surface area (Å²) in [5, 5.41) is 13.2. The Bertz CT molecular complexity index is 848. The molecule has 4 nitrogen and oxygen atoms in total. The smallest absolute Gasteiger partial charge is 0.404 e. The molecular formula is C21H21NO3. The monoisotopic (exact) mass is 335 g/mol. The Morgan fingerprint density at radius 3 is 2.32 bits per heavy atom. The number of hydrogen-bond acceptors (Lipinski definition) is 3. The lowest BCUT2D eigenvalue weighted by Crippen LogP contribution is -2.18. The van der Waals surface area contributed by atoms with Crippen molar-refractivity contribution in [1.29, 1.82) is 0 Å². The Hall–Kier alpha value is -2.85. The highest BCUT2D eigenvalue weighted by molar-refractivity contribution is 5.83. The molecule has 0 heterocycles. The summed E-state index contributed by atoms with van der Waals surface area (Å²) < 4.78 is 4.90. The molecule has 0 aromatic heterocycles. The van der Waals surface area contributed by atoms with Crippen molar-refractivity contribution in [2.45, 2.75) is 18.4 Å². The van der Waals surface area contributed by atoms with Crippen molar-refractivity contribution in [2.75, 3.05) is 6.61 Å². The van der Waals surface area contributed by atoms with E-state index < -0.39 is 12.2 Å². The fourth-order valence-electron chi connectivity index (χ4n) is 3.11. The van der Waals surface area contributed by atoms with E-state index in [2.05, 4.69) is 12.1 Å². The predicted octanol–water partition coefficient (Wildman–Crippen LogP) is 4.14. The third kappa shape index (κ3) is 4.17. The number of carbonyl (C=O) groups excluding carboxylic acids is 1. The van der Waals surface area contributed by atoms with Gasteiger partial charge < -0.3 is 15.6 Å². The van der Waals surface area contributed by atoms with Crippen molar-refractivity contribution >= 4 is 16.9 Å². The molecule has 0 aliphatic rings. The molecule has 0 unspecified atom stereocenters. The molecule has 0 bridgehead atoms. The Kier molecular flexibility index (Phi) is 5.31. The topological polar surface area (TPSA) is 72.6 Å². The highest BCUT2D eigenvalue weighted by atomic mass is 16.5. The molecule has 0 saturated heterocycles. The van der Waals surface area contributed by atoms with Crippen molar-refractivity contribution in [3.63, 3.8) is 0 Å². The highest BCUT2D eigenvalue weighted by Crippen LogP contribution is 2.35. The maximum atomic E-state index is 10.9. The number of aliphatic hydroxyl groups is 1. The minimum absolute atomic E-state index is 0.163. The van der Waals surface area contributed by atoms with E-state index in [9.17, 15) is 9.90 Å². The van der Waals surface area contributed by atoms with Crippen LogP contribution >= 0.6 is 0 Å². The van der Waals surface area contributed by atoms with Crippen molar-refractivity contribution in [2.24, 2.45) is 5.73 Å². The van der Waals surface area contributed by atoms with E-state index in [1.54, 1.807) is 0 Å². The number of primary amides is 1. The zero-order valence-electron chi connectivity index (χ0n) is 13.8. The number of aliphatic hydroxyl groups excluding tert-OH is 1. The summed E-state index contributed by atoms with van der Waals surface area (Å²) in [6.07, 6.45) is -1.01. The first-order chi connectivity index (χ1) is 12.1. The molecule has 25 heavy (non-hydrogen) atoms. The Morgan fingerprint density at radius 1 is 0.920 bits per heavy atom. The van der Waals surface area contributed by atoms with Crippen molar-refractivity contribution < 1.29 is 14.6 Å². The van der Waals surface area contributed by atoms with Crippen LogP contribution in [0.15, 0.2) is 72.8 Å². The number of benzene rings is 3. The Balaban J connectivity index is 1.92. The number of hydrogen-bond donors (Lipinski definition) is 2. The summed E-state index contributed by atoms with van der Waals surface area (Å²) in [7, 11) is 0. The van der Waals surface area contributed by atoms with Gasteiger partial charge >= 0.3 is 6.09 Å². The van der Waals surface area contributed by atoms with Gasteiger partial charge in [-0.25, -0.2) is 4.79 Å². The molecule has 0 fully saturated rings. The quantitative estimate of drug-likeness (QED) is 0.711. The van der Waals surface area contributed by atoms with Gasteiger partial charge in [0.1, 0.15) is 0 Å². The van der Waals surface area contributed by atoms with Gasteiger partial charge in [0.25, 0.3) is 0 Å². The maximum Gasteiger partial charge on any atom is 0.404 e. The molecule has 0 saturated carbocycles. The van der Waals surface area contributed by atoms with Gasteiger partial charge in [0.2, 0.25) is 0 Å². The van der Waals surface area contributed by atoms with Crippen molar-refractivity contribution in [1.82, 2.24) is 0 Å². The van der Waals surface area contributed by atoms with Gasteiger partial charge in [-0.3, -0.25) is 0 Å². The van der Waals surface area contributed by atoms with Crippen LogP contribution in [0, 0.1) is 0 Å². The molecule has 3 aromatic rings. The third-order valence-corrected chi connectivity index (χ3v) is 4.40. The maximum absolute atomic E-state index is 10.9. The van der Waals surface area contributed by atoms with E-state index in [0.29, 0.717) is 6.42 Å². The van der Waals surface area contributed by atoms with Gasteiger partial charge in [0, 0.05) is 5.92 Å². The number of ether oxygens (including phenoxy) is 1. The molecule has 3 rings (SSSR count). The molecule has 128 valence electrons. The van der Waals surface area contributed by atoms with E-state index in [-0.39, 0.29) is 12.5 Å².